The molecule has 1 aromatic carbocycles. The smallest absolute Gasteiger partial charge is 0.151 e. The Hall–Kier alpha value is -1.33. The first kappa shape index (κ1) is 13.1. The van der Waals surface area contributed by atoms with Gasteiger partial charge < -0.3 is 9.47 Å². The summed E-state index contributed by atoms with van der Waals surface area (Å²) >= 11 is 9.06. The van der Waals surface area contributed by atoms with E-state index in [1.807, 2.05) is 18.2 Å². The van der Waals surface area contributed by atoms with Crippen molar-refractivity contribution in [3.05, 3.63) is 45.7 Å². The predicted molar refractivity (Wildman–Crippen MR) is 72.1 cm³/mol. The highest BCUT2D eigenvalue weighted by atomic mass is 79.9. The van der Waals surface area contributed by atoms with Gasteiger partial charge in [-0.3, -0.25) is 0 Å². The summed E-state index contributed by atoms with van der Waals surface area (Å²) in [6, 6.07) is 8.94. The molecule has 1 aromatic heterocycles. The molecule has 4 nitrogen and oxygen atoms in total. The molecule has 18 heavy (non-hydrogen) atoms. The quantitative estimate of drug-likeness (QED) is 0.861. The Labute approximate surface area is 118 Å². The monoisotopic (exact) mass is 328 g/mol. The SMILES string of the molecule is COc1ccc(OCc2ccc(Cl)nn2)c(Br)c1. The number of hydrogen-bond donors (Lipinski definition) is 0. The van der Waals surface area contributed by atoms with E-state index in [2.05, 4.69) is 26.1 Å². The average Bonchev–Trinajstić information content (AvgIpc) is 2.39. The summed E-state index contributed by atoms with van der Waals surface area (Å²) in [5, 5.41) is 8.02. The first-order valence-electron chi connectivity index (χ1n) is 5.13. The molecule has 0 unspecified atom stereocenters. The van der Waals surface area contributed by atoms with Crippen molar-refractivity contribution in [3.8, 4) is 11.5 Å². The summed E-state index contributed by atoms with van der Waals surface area (Å²) in [5.41, 5.74) is 0.710. The molecular weight excluding hydrogens is 320 g/mol. The lowest BCUT2D eigenvalue weighted by Crippen LogP contribution is -2.00. The number of hydrogen-bond acceptors (Lipinski definition) is 4. The second kappa shape index (κ2) is 6.02. The summed E-state index contributed by atoms with van der Waals surface area (Å²) in [6.07, 6.45) is 0. The van der Waals surface area contributed by atoms with Crippen molar-refractivity contribution >= 4 is 27.5 Å². The number of benzene rings is 1. The molecule has 0 amide bonds. The van der Waals surface area contributed by atoms with Gasteiger partial charge in [0, 0.05) is 0 Å². The fraction of sp³-hybridized carbons (Fsp3) is 0.167. The third kappa shape index (κ3) is 3.34. The predicted octanol–water partition coefficient (Wildman–Crippen LogP) is 3.48. The Morgan fingerprint density at radius 2 is 2.06 bits per heavy atom. The molecule has 0 fully saturated rings. The second-order valence-electron chi connectivity index (χ2n) is 3.43. The van der Waals surface area contributed by atoms with Gasteiger partial charge in [0.25, 0.3) is 0 Å². The molecule has 6 heteroatoms. The molecule has 0 atom stereocenters. The van der Waals surface area contributed by atoms with E-state index in [4.69, 9.17) is 21.1 Å². The number of ether oxygens (including phenoxy) is 2. The normalized spacial score (nSPS) is 10.2. The molecule has 0 saturated heterocycles. The standard InChI is InChI=1S/C12H10BrClN2O2/c1-17-9-3-4-11(10(13)6-9)18-7-8-2-5-12(14)16-15-8/h2-6H,7H2,1H3. The van der Waals surface area contributed by atoms with Crippen molar-refractivity contribution in [2.24, 2.45) is 0 Å². The molecule has 0 bridgehead atoms. The van der Waals surface area contributed by atoms with Crippen molar-refractivity contribution in [2.75, 3.05) is 7.11 Å². The lowest BCUT2D eigenvalue weighted by atomic mass is 10.3. The molecule has 0 spiro atoms. The van der Waals surface area contributed by atoms with E-state index < -0.39 is 0 Å². The van der Waals surface area contributed by atoms with E-state index >= 15 is 0 Å². The van der Waals surface area contributed by atoms with Gasteiger partial charge in [-0.2, -0.15) is 5.10 Å². The summed E-state index contributed by atoms with van der Waals surface area (Å²) in [5.74, 6) is 1.48. The van der Waals surface area contributed by atoms with Crippen LogP contribution in [0, 0.1) is 0 Å². The van der Waals surface area contributed by atoms with E-state index in [-0.39, 0.29) is 0 Å². The van der Waals surface area contributed by atoms with Crippen LogP contribution >= 0.6 is 27.5 Å². The number of rotatable bonds is 4. The Morgan fingerprint density at radius 1 is 1.22 bits per heavy atom. The first-order valence-corrected chi connectivity index (χ1v) is 6.30. The maximum absolute atomic E-state index is 5.65. The number of methoxy groups -OCH3 is 1. The highest BCUT2D eigenvalue weighted by Crippen LogP contribution is 2.29. The third-order valence-electron chi connectivity index (χ3n) is 2.20. The van der Waals surface area contributed by atoms with Gasteiger partial charge >= 0.3 is 0 Å². The van der Waals surface area contributed by atoms with Gasteiger partial charge in [0.1, 0.15) is 23.8 Å². The van der Waals surface area contributed by atoms with Crippen LogP contribution in [-0.2, 0) is 6.61 Å². The maximum atomic E-state index is 5.65. The van der Waals surface area contributed by atoms with Crippen molar-refractivity contribution in [1.82, 2.24) is 10.2 Å². The van der Waals surface area contributed by atoms with Crippen molar-refractivity contribution in [1.29, 1.82) is 0 Å². The van der Waals surface area contributed by atoms with Crippen LogP contribution in [0.2, 0.25) is 5.15 Å². The molecule has 0 N–H and O–H groups in total. The molecule has 94 valence electrons. The van der Waals surface area contributed by atoms with Gasteiger partial charge in [-0.15, -0.1) is 5.10 Å². The van der Waals surface area contributed by atoms with Gasteiger partial charge in [-0.25, -0.2) is 0 Å². The maximum Gasteiger partial charge on any atom is 0.151 e. The molecule has 0 aliphatic rings. The van der Waals surface area contributed by atoms with Crippen LogP contribution in [0.1, 0.15) is 5.69 Å². The zero-order valence-corrected chi connectivity index (χ0v) is 11.9. The zero-order valence-electron chi connectivity index (χ0n) is 9.56. The minimum absolute atomic E-state index is 0.328. The third-order valence-corrected chi connectivity index (χ3v) is 3.02. The summed E-state index contributed by atoms with van der Waals surface area (Å²) < 4.78 is 11.5. The van der Waals surface area contributed by atoms with Crippen LogP contribution in [0.5, 0.6) is 11.5 Å². The zero-order chi connectivity index (χ0) is 13.0. The van der Waals surface area contributed by atoms with Crippen LogP contribution in [0.4, 0.5) is 0 Å². The van der Waals surface area contributed by atoms with Gasteiger partial charge in [0.05, 0.1) is 11.6 Å². The van der Waals surface area contributed by atoms with E-state index in [0.717, 1.165) is 10.2 Å². The second-order valence-corrected chi connectivity index (χ2v) is 4.67. The molecule has 0 aliphatic carbocycles. The highest BCUT2D eigenvalue weighted by Gasteiger charge is 2.04. The van der Waals surface area contributed by atoms with Gasteiger partial charge in [0.15, 0.2) is 5.15 Å². The average molecular weight is 330 g/mol. The summed E-state index contributed by atoms with van der Waals surface area (Å²) in [4.78, 5) is 0. The Kier molecular flexibility index (Phi) is 4.38. The van der Waals surface area contributed by atoms with Crippen LogP contribution in [-0.4, -0.2) is 17.3 Å². The number of nitrogens with zero attached hydrogens (tertiary/aromatic N) is 2. The van der Waals surface area contributed by atoms with Crippen LogP contribution < -0.4 is 9.47 Å². The fourth-order valence-corrected chi connectivity index (χ4v) is 1.87. The van der Waals surface area contributed by atoms with E-state index in [1.54, 1.807) is 19.2 Å². The van der Waals surface area contributed by atoms with Crippen molar-refractivity contribution in [2.45, 2.75) is 6.61 Å². The van der Waals surface area contributed by atoms with Gasteiger partial charge in [0.2, 0.25) is 0 Å². The van der Waals surface area contributed by atoms with Crippen LogP contribution in [0.15, 0.2) is 34.8 Å². The Balaban J connectivity index is 2.04. The van der Waals surface area contributed by atoms with E-state index in [1.165, 1.54) is 0 Å². The molecule has 1 heterocycles. The Morgan fingerprint density at radius 3 is 2.67 bits per heavy atom. The fourth-order valence-electron chi connectivity index (χ4n) is 1.30. The lowest BCUT2D eigenvalue weighted by molar-refractivity contribution is 0.297. The van der Waals surface area contributed by atoms with Gasteiger partial charge in [-0.05, 0) is 46.3 Å². The Bertz CT molecular complexity index is 534. The van der Waals surface area contributed by atoms with E-state index in [0.29, 0.717) is 23.2 Å². The van der Waals surface area contributed by atoms with Crippen LogP contribution in [0.25, 0.3) is 0 Å². The minimum Gasteiger partial charge on any atom is -0.497 e. The lowest BCUT2D eigenvalue weighted by Gasteiger charge is -2.08. The minimum atomic E-state index is 0.328. The molecule has 0 aliphatic heterocycles. The molecule has 2 aromatic rings. The highest BCUT2D eigenvalue weighted by molar-refractivity contribution is 9.10. The molecule has 2 rings (SSSR count). The topological polar surface area (TPSA) is 44.2 Å². The molecule has 0 radical (unpaired) electrons. The number of halogens is 2. The molecular formula is C12H10BrClN2O2. The van der Waals surface area contributed by atoms with Gasteiger partial charge in [-0.1, -0.05) is 11.6 Å². The van der Waals surface area contributed by atoms with Crippen LogP contribution in [0.3, 0.4) is 0 Å². The largest absolute Gasteiger partial charge is 0.497 e. The summed E-state index contributed by atoms with van der Waals surface area (Å²) in [7, 11) is 1.62. The molecule has 0 saturated carbocycles. The van der Waals surface area contributed by atoms with Crippen molar-refractivity contribution in [3.63, 3.8) is 0 Å². The van der Waals surface area contributed by atoms with E-state index in [9.17, 15) is 0 Å². The first-order chi connectivity index (χ1) is 8.69. The number of aromatic nitrogens is 2. The van der Waals surface area contributed by atoms with Crippen molar-refractivity contribution < 1.29 is 9.47 Å². The summed E-state index contributed by atoms with van der Waals surface area (Å²) in [6.45, 7) is 0.328.